The van der Waals surface area contributed by atoms with Crippen molar-refractivity contribution < 1.29 is 9.53 Å². The lowest BCUT2D eigenvalue weighted by Gasteiger charge is -2.15. The fourth-order valence-electron chi connectivity index (χ4n) is 2.85. The van der Waals surface area contributed by atoms with Crippen LogP contribution in [0.2, 0.25) is 0 Å². The second-order valence-corrected chi connectivity index (χ2v) is 5.29. The number of nitrogens with one attached hydrogen (secondary N) is 1. The van der Waals surface area contributed by atoms with E-state index in [4.69, 9.17) is 4.74 Å². The molecule has 1 unspecified atom stereocenters. The molecule has 0 fully saturated rings. The van der Waals surface area contributed by atoms with Gasteiger partial charge in [-0.05, 0) is 17.7 Å². The van der Waals surface area contributed by atoms with E-state index in [0.717, 1.165) is 22.4 Å². The summed E-state index contributed by atoms with van der Waals surface area (Å²) in [6, 6.07) is 15.4. The largest absolute Gasteiger partial charge is 0.481 e. The molecule has 1 aromatic heterocycles. The van der Waals surface area contributed by atoms with E-state index in [-0.39, 0.29) is 5.78 Å². The summed E-state index contributed by atoms with van der Waals surface area (Å²) in [4.78, 5) is 19.6. The van der Waals surface area contributed by atoms with E-state index >= 15 is 0 Å². The summed E-state index contributed by atoms with van der Waals surface area (Å²) in [6.07, 6.45) is 3.53. The topological polar surface area (TPSA) is 55.0 Å². The zero-order valence-corrected chi connectivity index (χ0v) is 11.8. The normalized spacial score (nSPS) is 16.5. The van der Waals surface area contributed by atoms with Gasteiger partial charge in [-0.2, -0.15) is 0 Å². The van der Waals surface area contributed by atoms with Gasteiger partial charge in [0.1, 0.15) is 5.75 Å². The van der Waals surface area contributed by atoms with Crippen molar-refractivity contribution in [2.45, 2.75) is 12.5 Å². The van der Waals surface area contributed by atoms with E-state index in [2.05, 4.69) is 9.97 Å². The van der Waals surface area contributed by atoms with Crippen molar-refractivity contribution in [1.82, 2.24) is 9.97 Å². The number of para-hydroxylation sites is 1. The highest BCUT2D eigenvalue weighted by Crippen LogP contribution is 2.32. The number of benzene rings is 2. The second-order valence-electron chi connectivity index (χ2n) is 5.29. The minimum atomic E-state index is -0.457. The van der Waals surface area contributed by atoms with Crippen molar-refractivity contribution in [2.24, 2.45) is 0 Å². The third-order valence-electron chi connectivity index (χ3n) is 3.93. The molecule has 3 aromatic rings. The highest BCUT2D eigenvalue weighted by Gasteiger charge is 2.32. The van der Waals surface area contributed by atoms with Crippen molar-refractivity contribution in [3.8, 4) is 17.0 Å². The molecule has 22 heavy (non-hydrogen) atoms. The average Bonchev–Trinajstić information content (AvgIpc) is 3.18. The van der Waals surface area contributed by atoms with Gasteiger partial charge in [0.25, 0.3) is 0 Å². The molecule has 1 aliphatic carbocycles. The van der Waals surface area contributed by atoms with Gasteiger partial charge in [0.2, 0.25) is 5.78 Å². The number of hydrogen-bond acceptors (Lipinski definition) is 3. The van der Waals surface area contributed by atoms with Crippen molar-refractivity contribution in [1.29, 1.82) is 0 Å². The van der Waals surface area contributed by atoms with Crippen LogP contribution in [0.5, 0.6) is 5.75 Å². The summed E-state index contributed by atoms with van der Waals surface area (Å²) in [5.41, 5.74) is 3.60. The monoisotopic (exact) mass is 290 g/mol. The van der Waals surface area contributed by atoms with Crippen molar-refractivity contribution in [3.05, 3.63) is 72.2 Å². The Kier molecular flexibility index (Phi) is 3.00. The molecule has 0 bridgehead atoms. The van der Waals surface area contributed by atoms with E-state index in [1.807, 2.05) is 48.5 Å². The number of H-pyrrole nitrogens is 1. The number of Topliss-reactive ketones (excluding diaryl/α,β-unsaturated/α-hetero) is 1. The molecule has 0 spiro atoms. The van der Waals surface area contributed by atoms with E-state index < -0.39 is 6.10 Å². The van der Waals surface area contributed by atoms with Crippen LogP contribution < -0.4 is 4.74 Å². The average molecular weight is 290 g/mol. The Morgan fingerprint density at radius 1 is 1.05 bits per heavy atom. The lowest BCUT2D eigenvalue weighted by Crippen LogP contribution is -2.23. The number of aromatic amines is 1. The maximum atomic E-state index is 12.5. The minimum Gasteiger partial charge on any atom is -0.481 e. The van der Waals surface area contributed by atoms with Gasteiger partial charge < -0.3 is 9.72 Å². The summed E-state index contributed by atoms with van der Waals surface area (Å²) in [5, 5.41) is 0. The number of nitrogens with zero attached hydrogens (tertiary/aromatic N) is 1. The van der Waals surface area contributed by atoms with E-state index in [9.17, 15) is 4.79 Å². The van der Waals surface area contributed by atoms with Crippen molar-refractivity contribution in [3.63, 3.8) is 0 Å². The zero-order chi connectivity index (χ0) is 14.9. The summed E-state index contributed by atoms with van der Waals surface area (Å²) < 4.78 is 6.03. The van der Waals surface area contributed by atoms with Gasteiger partial charge in [0, 0.05) is 17.5 Å². The van der Waals surface area contributed by atoms with Crippen LogP contribution in [0.1, 0.15) is 15.9 Å². The highest BCUT2D eigenvalue weighted by atomic mass is 16.5. The lowest BCUT2D eigenvalue weighted by molar-refractivity contribution is 0.0822. The molecule has 1 aliphatic rings. The Labute approximate surface area is 127 Å². The highest BCUT2D eigenvalue weighted by molar-refractivity contribution is 6.04. The predicted molar refractivity (Wildman–Crippen MR) is 82.9 cm³/mol. The van der Waals surface area contributed by atoms with E-state index in [1.54, 1.807) is 12.5 Å². The van der Waals surface area contributed by atoms with Gasteiger partial charge in [-0.3, -0.25) is 4.79 Å². The van der Waals surface area contributed by atoms with Crippen LogP contribution in [0, 0.1) is 0 Å². The smallest absolute Gasteiger partial charge is 0.203 e. The molecule has 0 saturated heterocycles. The quantitative estimate of drug-likeness (QED) is 0.805. The molecule has 4 nitrogen and oxygen atoms in total. The van der Waals surface area contributed by atoms with Gasteiger partial charge in [-0.1, -0.05) is 36.4 Å². The van der Waals surface area contributed by atoms with Crippen LogP contribution in [-0.4, -0.2) is 21.9 Å². The van der Waals surface area contributed by atoms with Crippen molar-refractivity contribution >= 4 is 5.78 Å². The SMILES string of the molecule is O=C1c2ccccc2CC1Oc1ccccc1-c1cnc[nH]1. The first-order valence-corrected chi connectivity index (χ1v) is 7.19. The molecule has 108 valence electrons. The summed E-state index contributed by atoms with van der Waals surface area (Å²) in [6.45, 7) is 0. The fraction of sp³-hybridized carbons (Fsp3) is 0.111. The van der Waals surface area contributed by atoms with Crippen LogP contribution in [-0.2, 0) is 6.42 Å². The number of aromatic nitrogens is 2. The van der Waals surface area contributed by atoms with Gasteiger partial charge in [0.05, 0.1) is 18.2 Å². The van der Waals surface area contributed by atoms with Gasteiger partial charge in [-0.15, -0.1) is 0 Å². The number of fused-ring (bicyclic) bond motifs is 1. The maximum absolute atomic E-state index is 12.5. The van der Waals surface area contributed by atoms with Crippen LogP contribution in [0.15, 0.2) is 61.1 Å². The lowest BCUT2D eigenvalue weighted by atomic mass is 10.1. The molecule has 0 amide bonds. The summed E-state index contributed by atoms with van der Waals surface area (Å²) in [7, 11) is 0. The minimum absolute atomic E-state index is 0.0509. The molecule has 0 radical (unpaired) electrons. The van der Waals surface area contributed by atoms with Gasteiger partial charge >= 0.3 is 0 Å². The Morgan fingerprint density at radius 2 is 1.82 bits per heavy atom. The predicted octanol–water partition coefficient (Wildman–Crippen LogP) is 3.26. The first-order valence-electron chi connectivity index (χ1n) is 7.19. The Bertz CT molecular complexity index is 825. The summed E-state index contributed by atoms with van der Waals surface area (Å²) >= 11 is 0. The first-order chi connectivity index (χ1) is 10.8. The number of carbonyl (C=O) groups excluding carboxylic acids is 1. The van der Waals surface area contributed by atoms with Crippen LogP contribution in [0.3, 0.4) is 0 Å². The molecule has 4 heteroatoms. The molecule has 1 heterocycles. The molecule has 2 aromatic carbocycles. The molecule has 0 aliphatic heterocycles. The zero-order valence-electron chi connectivity index (χ0n) is 11.8. The number of imidazole rings is 1. The first kappa shape index (κ1) is 12.8. The number of ether oxygens (including phenoxy) is 1. The third kappa shape index (κ3) is 2.09. The number of rotatable bonds is 3. The molecular weight excluding hydrogens is 276 g/mol. The maximum Gasteiger partial charge on any atom is 0.203 e. The Morgan fingerprint density at radius 3 is 2.59 bits per heavy atom. The standard InChI is InChI=1S/C18H14N2O2/c21-18-13-6-2-1-5-12(13)9-17(18)22-16-8-4-3-7-14(16)15-10-19-11-20-15/h1-8,10-11,17H,9H2,(H,19,20). The molecule has 1 atom stereocenters. The summed E-state index contributed by atoms with van der Waals surface area (Å²) in [5.74, 6) is 0.743. The van der Waals surface area contributed by atoms with E-state index in [1.165, 1.54) is 0 Å². The van der Waals surface area contributed by atoms with Gasteiger partial charge in [-0.25, -0.2) is 4.98 Å². The fourth-order valence-corrected chi connectivity index (χ4v) is 2.85. The van der Waals surface area contributed by atoms with E-state index in [0.29, 0.717) is 12.2 Å². The Hall–Kier alpha value is -2.88. The van der Waals surface area contributed by atoms with Crippen molar-refractivity contribution in [2.75, 3.05) is 0 Å². The molecular formula is C18H14N2O2. The van der Waals surface area contributed by atoms with Gasteiger partial charge in [0.15, 0.2) is 6.10 Å². The number of ketones is 1. The molecule has 1 N–H and O–H groups in total. The Balaban J connectivity index is 1.65. The third-order valence-corrected chi connectivity index (χ3v) is 3.93. The second kappa shape index (κ2) is 5.15. The molecule has 0 saturated carbocycles. The molecule has 4 rings (SSSR count). The van der Waals surface area contributed by atoms with Crippen LogP contribution in [0.4, 0.5) is 0 Å². The van der Waals surface area contributed by atoms with Crippen LogP contribution >= 0.6 is 0 Å². The van der Waals surface area contributed by atoms with Crippen LogP contribution in [0.25, 0.3) is 11.3 Å². The number of hydrogen-bond donors (Lipinski definition) is 1. The number of carbonyl (C=O) groups is 1.